The molecule has 3 heterocycles. The van der Waals surface area contributed by atoms with Gasteiger partial charge in [-0.3, -0.25) is 19.6 Å². The zero-order valence-corrected chi connectivity index (χ0v) is 22.7. The monoisotopic (exact) mass is 534 g/mol. The van der Waals surface area contributed by atoms with Gasteiger partial charge in [0, 0.05) is 44.2 Å². The van der Waals surface area contributed by atoms with E-state index in [2.05, 4.69) is 61.5 Å². The summed E-state index contributed by atoms with van der Waals surface area (Å²) in [6, 6.07) is 16.5. The van der Waals surface area contributed by atoms with E-state index in [0.29, 0.717) is 11.9 Å². The summed E-state index contributed by atoms with van der Waals surface area (Å²) in [7, 11) is 1.65. The lowest BCUT2D eigenvalue weighted by molar-refractivity contribution is -0.126. The van der Waals surface area contributed by atoms with E-state index in [1.54, 1.807) is 7.11 Å². The molecule has 1 unspecified atom stereocenters. The first kappa shape index (κ1) is 28.1. The van der Waals surface area contributed by atoms with Gasteiger partial charge in [0.25, 0.3) is 6.47 Å². The van der Waals surface area contributed by atoms with E-state index in [0.717, 1.165) is 75.7 Å². The molecule has 1 atom stereocenters. The van der Waals surface area contributed by atoms with Crippen LogP contribution in [0, 0.1) is 18.8 Å². The van der Waals surface area contributed by atoms with Gasteiger partial charge in [0.1, 0.15) is 5.75 Å². The number of carboxylic acid groups (broad SMARTS) is 1. The third kappa shape index (κ3) is 7.79. The number of hydrogen-bond donors (Lipinski definition) is 3. The van der Waals surface area contributed by atoms with E-state index in [1.165, 1.54) is 11.1 Å². The van der Waals surface area contributed by atoms with Crippen LogP contribution < -0.4 is 15.0 Å². The van der Waals surface area contributed by atoms with Crippen LogP contribution in [0.1, 0.15) is 30.4 Å². The van der Waals surface area contributed by atoms with Crippen LogP contribution in [-0.2, 0) is 16.1 Å². The Morgan fingerprint density at radius 1 is 1.10 bits per heavy atom. The molecule has 5 rings (SSSR count). The predicted octanol–water partition coefficient (Wildman–Crippen LogP) is 3.34. The lowest BCUT2D eigenvalue weighted by Crippen LogP contribution is -2.42. The standard InChI is InChI=1S/C28H36N6O2.CH2O2/c1-20-3-5-21(6-4-20)18-33-14-11-22(19-33)17-29-27(35)24-12-15-34(16-13-24)28-30-26(31-32-28)23-7-9-25(36-2)10-8-23;2-1-3/h3-10,22,24H,11-19H2,1-2H3,(H,29,35)(H,30,31,32);1H,(H,2,3). The Kier molecular flexibility index (Phi) is 9.91. The second-order valence-electron chi connectivity index (χ2n) is 10.2. The number of nitrogens with one attached hydrogen (secondary N) is 2. The second-order valence-corrected chi connectivity index (χ2v) is 10.2. The smallest absolute Gasteiger partial charge is 0.290 e. The summed E-state index contributed by atoms with van der Waals surface area (Å²) in [5, 5.41) is 17.6. The molecule has 10 heteroatoms. The minimum Gasteiger partial charge on any atom is -0.497 e. The number of nitrogens with zero attached hydrogens (tertiary/aromatic N) is 4. The number of H-pyrrole nitrogens is 1. The molecule has 0 spiro atoms. The summed E-state index contributed by atoms with van der Waals surface area (Å²) in [4.78, 5) is 30.5. The number of hydrogen-bond acceptors (Lipinski definition) is 7. The van der Waals surface area contributed by atoms with Crippen molar-refractivity contribution in [2.45, 2.75) is 32.7 Å². The number of ether oxygens (including phenoxy) is 1. The maximum absolute atomic E-state index is 12.9. The zero-order valence-electron chi connectivity index (χ0n) is 22.7. The fourth-order valence-corrected chi connectivity index (χ4v) is 5.18. The van der Waals surface area contributed by atoms with Gasteiger partial charge in [0.05, 0.1) is 7.11 Å². The number of piperidine rings is 1. The Morgan fingerprint density at radius 3 is 2.46 bits per heavy atom. The maximum Gasteiger partial charge on any atom is 0.290 e. The molecular weight excluding hydrogens is 496 g/mol. The highest BCUT2D eigenvalue weighted by atomic mass is 16.5. The Bertz CT molecular complexity index is 1190. The number of aryl methyl sites for hydroxylation is 1. The fourth-order valence-electron chi connectivity index (χ4n) is 5.18. The largest absolute Gasteiger partial charge is 0.497 e. The molecule has 2 aromatic carbocycles. The van der Waals surface area contributed by atoms with Crippen molar-refractivity contribution >= 4 is 18.3 Å². The summed E-state index contributed by atoms with van der Waals surface area (Å²) in [6.07, 6.45) is 2.79. The van der Waals surface area contributed by atoms with E-state index < -0.39 is 0 Å². The number of amides is 1. The lowest BCUT2D eigenvalue weighted by Gasteiger charge is -2.30. The van der Waals surface area contributed by atoms with Gasteiger partial charge in [-0.1, -0.05) is 29.8 Å². The molecule has 0 saturated carbocycles. The van der Waals surface area contributed by atoms with Crippen LogP contribution in [0.5, 0.6) is 5.75 Å². The van der Waals surface area contributed by atoms with Crippen molar-refractivity contribution in [1.82, 2.24) is 25.4 Å². The van der Waals surface area contributed by atoms with Gasteiger partial charge in [-0.05, 0) is 68.5 Å². The third-order valence-corrected chi connectivity index (χ3v) is 7.45. The van der Waals surface area contributed by atoms with E-state index in [1.807, 2.05) is 24.3 Å². The average molecular weight is 535 g/mol. The van der Waals surface area contributed by atoms with Crippen molar-refractivity contribution < 1.29 is 19.4 Å². The van der Waals surface area contributed by atoms with Crippen molar-refractivity contribution in [3.63, 3.8) is 0 Å². The summed E-state index contributed by atoms with van der Waals surface area (Å²) in [6.45, 7) is 7.35. The van der Waals surface area contributed by atoms with Gasteiger partial charge < -0.3 is 20.1 Å². The van der Waals surface area contributed by atoms with Crippen molar-refractivity contribution in [2.24, 2.45) is 11.8 Å². The van der Waals surface area contributed by atoms with E-state index >= 15 is 0 Å². The third-order valence-electron chi connectivity index (χ3n) is 7.45. The molecule has 2 saturated heterocycles. The first-order valence-corrected chi connectivity index (χ1v) is 13.4. The van der Waals surface area contributed by atoms with Gasteiger partial charge in [0.15, 0.2) is 5.82 Å². The van der Waals surface area contributed by atoms with Gasteiger partial charge in [-0.15, -0.1) is 5.10 Å². The lowest BCUT2D eigenvalue weighted by atomic mass is 9.96. The highest BCUT2D eigenvalue weighted by molar-refractivity contribution is 5.79. The summed E-state index contributed by atoms with van der Waals surface area (Å²) < 4.78 is 5.22. The molecule has 0 radical (unpaired) electrons. The summed E-state index contributed by atoms with van der Waals surface area (Å²) >= 11 is 0. The Hall–Kier alpha value is -3.92. The van der Waals surface area contributed by atoms with E-state index in [-0.39, 0.29) is 18.3 Å². The molecule has 1 aromatic heterocycles. The summed E-state index contributed by atoms with van der Waals surface area (Å²) in [5.41, 5.74) is 3.62. The van der Waals surface area contributed by atoms with Crippen molar-refractivity contribution in [1.29, 1.82) is 0 Å². The van der Waals surface area contributed by atoms with Gasteiger partial charge in [-0.25, -0.2) is 0 Å². The van der Waals surface area contributed by atoms with Crippen LogP contribution in [0.4, 0.5) is 5.95 Å². The molecule has 208 valence electrons. The van der Waals surface area contributed by atoms with Crippen molar-refractivity contribution in [3.8, 4) is 17.1 Å². The molecule has 2 fully saturated rings. The first-order chi connectivity index (χ1) is 19.0. The normalized spacial score (nSPS) is 17.8. The van der Waals surface area contributed by atoms with Gasteiger partial charge in [-0.2, -0.15) is 4.98 Å². The second kappa shape index (κ2) is 13.7. The zero-order chi connectivity index (χ0) is 27.6. The number of likely N-dealkylation sites (tertiary alicyclic amines) is 1. The molecular formula is C29H38N6O4. The molecule has 39 heavy (non-hydrogen) atoms. The minimum absolute atomic E-state index is 0.0614. The summed E-state index contributed by atoms with van der Waals surface area (Å²) in [5.74, 6) is 3.03. The highest BCUT2D eigenvalue weighted by Gasteiger charge is 2.28. The number of carbonyl (C=O) groups excluding carboxylic acids is 1. The van der Waals surface area contributed by atoms with Gasteiger partial charge >= 0.3 is 0 Å². The van der Waals surface area contributed by atoms with Crippen molar-refractivity contribution in [3.05, 3.63) is 59.7 Å². The number of carbonyl (C=O) groups is 2. The number of anilines is 1. The van der Waals surface area contributed by atoms with Crippen LogP contribution >= 0.6 is 0 Å². The average Bonchev–Trinajstić information content (AvgIpc) is 3.64. The highest BCUT2D eigenvalue weighted by Crippen LogP contribution is 2.25. The van der Waals surface area contributed by atoms with E-state index in [9.17, 15) is 4.79 Å². The quantitative estimate of drug-likeness (QED) is 0.376. The SMILES string of the molecule is COc1ccc(-c2nc(N3CCC(C(=O)NCC4CCN(Cc5ccc(C)cc5)C4)CC3)n[nH]2)cc1.O=CO. The van der Waals surface area contributed by atoms with Crippen LogP contribution in [0.2, 0.25) is 0 Å². The molecule has 3 N–H and O–H groups in total. The Balaban J connectivity index is 0.00000112. The van der Waals surface area contributed by atoms with Crippen LogP contribution in [0.25, 0.3) is 11.4 Å². The molecule has 2 aliphatic rings. The molecule has 1 amide bonds. The number of aromatic amines is 1. The Morgan fingerprint density at radius 2 is 1.79 bits per heavy atom. The molecule has 2 aliphatic heterocycles. The number of aromatic nitrogens is 3. The predicted molar refractivity (Wildman–Crippen MR) is 150 cm³/mol. The maximum atomic E-state index is 12.9. The first-order valence-electron chi connectivity index (χ1n) is 13.4. The molecule has 10 nitrogen and oxygen atoms in total. The van der Waals surface area contributed by atoms with Crippen LogP contribution in [-0.4, -0.2) is 77.4 Å². The molecule has 3 aromatic rings. The van der Waals surface area contributed by atoms with E-state index in [4.69, 9.17) is 14.6 Å². The molecule has 0 aliphatic carbocycles. The minimum atomic E-state index is -0.250. The van der Waals surface area contributed by atoms with Gasteiger partial charge in [0.2, 0.25) is 11.9 Å². The topological polar surface area (TPSA) is 124 Å². The molecule has 0 bridgehead atoms. The van der Waals surface area contributed by atoms with Crippen molar-refractivity contribution in [2.75, 3.05) is 44.7 Å². The number of rotatable bonds is 8. The fraction of sp³-hybridized carbons (Fsp3) is 0.448. The number of methoxy groups -OCH3 is 1. The van der Waals surface area contributed by atoms with Crippen LogP contribution in [0.15, 0.2) is 48.5 Å². The van der Waals surface area contributed by atoms with Crippen LogP contribution in [0.3, 0.4) is 0 Å². The number of benzene rings is 2. The Labute approximate surface area is 229 Å².